The molecular weight excluding hydrogens is 274 g/mol. The van der Waals surface area contributed by atoms with E-state index in [2.05, 4.69) is 9.97 Å². The lowest BCUT2D eigenvalue weighted by molar-refractivity contribution is 0.467. The van der Waals surface area contributed by atoms with Crippen molar-refractivity contribution >= 4 is 10.0 Å². The van der Waals surface area contributed by atoms with E-state index in [1.807, 2.05) is 30.3 Å². The predicted octanol–water partition coefficient (Wildman–Crippen LogP) is 1.93. The first kappa shape index (κ1) is 14.6. The van der Waals surface area contributed by atoms with Crippen molar-refractivity contribution in [2.75, 3.05) is 12.8 Å². The lowest BCUT2D eigenvalue weighted by atomic mass is 10.2. The SMILES string of the molecule is CCS(=O)(=O)N(C)Cc1ccc(-c2ccccn2)nc1. The molecule has 2 rings (SSSR count). The van der Waals surface area contributed by atoms with Gasteiger partial charge in [0.25, 0.3) is 0 Å². The Morgan fingerprint density at radius 3 is 2.40 bits per heavy atom. The molecule has 0 spiro atoms. The Kier molecular flexibility index (Phi) is 4.46. The number of nitrogens with zero attached hydrogens (tertiary/aromatic N) is 3. The van der Waals surface area contributed by atoms with Gasteiger partial charge in [0.2, 0.25) is 10.0 Å². The number of hydrogen-bond donors (Lipinski definition) is 0. The molecule has 0 saturated heterocycles. The number of hydrogen-bond acceptors (Lipinski definition) is 4. The fourth-order valence-corrected chi connectivity index (χ4v) is 2.55. The van der Waals surface area contributed by atoms with Crippen molar-refractivity contribution in [3.05, 3.63) is 48.3 Å². The van der Waals surface area contributed by atoms with Crippen LogP contribution in [-0.4, -0.2) is 35.5 Å². The summed E-state index contributed by atoms with van der Waals surface area (Å²) in [7, 11) is -1.59. The summed E-state index contributed by atoms with van der Waals surface area (Å²) in [5.41, 5.74) is 2.42. The van der Waals surface area contributed by atoms with Crippen LogP contribution in [0.5, 0.6) is 0 Å². The van der Waals surface area contributed by atoms with Gasteiger partial charge in [-0.15, -0.1) is 0 Å². The molecule has 0 aliphatic carbocycles. The second-order valence-corrected chi connectivity index (χ2v) is 6.79. The molecule has 0 N–H and O–H groups in total. The van der Waals surface area contributed by atoms with Crippen LogP contribution in [0.15, 0.2) is 42.7 Å². The van der Waals surface area contributed by atoms with Crippen molar-refractivity contribution in [2.45, 2.75) is 13.5 Å². The summed E-state index contributed by atoms with van der Waals surface area (Å²) in [6.07, 6.45) is 3.40. The third-order valence-corrected chi connectivity index (χ3v) is 4.81. The summed E-state index contributed by atoms with van der Waals surface area (Å²) in [6, 6.07) is 9.36. The van der Waals surface area contributed by atoms with E-state index in [0.717, 1.165) is 17.0 Å². The largest absolute Gasteiger partial charge is 0.255 e. The zero-order valence-electron chi connectivity index (χ0n) is 11.5. The lowest BCUT2D eigenvalue weighted by Gasteiger charge is -2.15. The number of aromatic nitrogens is 2. The molecule has 106 valence electrons. The van der Waals surface area contributed by atoms with Gasteiger partial charge in [-0.25, -0.2) is 12.7 Å². The van der Waals surface area contributed by atoms with Crippen molar-refractivity contribution in [3.8, 4) is 11.4 Å². The van der Waals surface area contributed by atoms with Gasteiger partial charge in [0.15, 0.2) is 0 Å². The quantitative estimate of drug-likeness (QED) is 0.844. The van der Waals surface area contributed by atoms with Gasteiger partial charge in [0, 0.05) is 26.0 Å². The number of sulfonamides is 1. The molecule has 2 aromatic rings. The first-order chi connectivity index (χ1) is 9.53. The van der Waals surface area contributed by atoms with Crippen LogP contribution in [-0.2, 0) is 16.6 Å². The molecule has 0 aromatic carbocycles. The van der Waals surface area contributed by atoms with Crippen LogP contribution in [0.1, 0.15) is 12.5 Å². The maximum atomic E-state index is 11.7. The minimum Gasteiger partial charge on any atom is -0.255 e. The van der Waals surface area contributed by atoms with Gasteiger partial charge < -0.3 is 0 Å². The zero-order chi connectivity index (χ0) is 14.6. The summed E-state index contributed by atoms with van der Waals surface area (Å²) in [5, 5.41) is 0. The van der Waals surface area contributed by atoms with E-state index in [1.165, 1.54) is 4.31 Å². The Balaban J connectivity index is 2.14. The third-order valence-electron chi connectivity index (χ3n) is 3.00. The standard InChI is InChI=1S/C14H17N3O2S/c1-3-20(18,19)17(2)11-12-7-8-14(16-10-12)13-6-4-5-9-15-13/h4-10H,3,11H2,1-2H3. The van der Waals surface area contributed by atoms with E-state index < -0.39 is 10.0 Å². The van der Waals surface area contributed by atoms with Crippen molar-refractivity contribution in [1.29, 1.82) is 0 Å². The van der Waals surface area contributed by atoms with Crippen LogP contribution in [0, 0.1) is 0 Å². The highest BCUT2D eigenvalue weighted by Crippen LogP contribution is 2.14. The molecule has 2 heterocycles. The second-order valence-electron chi connectivity index (χ2n) is 4.42. The normalized spacial score (nSPS) is 11.8. The predicted molar refractivity (Wildman–Crippen MR) is 78.4 cm³/mol. The van der Waals surface area contributed by atoms with Gasteiger partial charge in [-0.2, -0.15) is 0 Å². The summed E-state index contributed by atoms with van der Waals surface area (Å²) in [6.45, 7) is 1.96. The summed E-state index contributed by atoms with van der Waals surface area (Å²) < 4.78 is 24.7. The van der Waals surface area contributed by atoms with Crippen molar-refractivity contribution < 1.29 is 8.42 Å². The van der Waals surface area contributed by atoms with E-state index in [9.17, 15) is 8.42 Å². The maximum Gasteiger partial charge on any atom is 0.213 e. The zero-order valence-corrected chi connectivity index (χ0v) is 12.3. The minimum atomic E-state index is -3.17. The first-order valence-electron chi connectivity index (χ1n) is 6.33. The monoisotopic (exact) mass is 291 g/mol. The molecule has 0 aliphatic rings. The van der Waals surface area contributed by atoms with E-state index >= 15 is 0 Å². The van der Waals surface area contributed by atoms with Crippen LogP contribution in [0.4, 0.5) is 0 Å². The molecule has 5 nitrogen and oxygen atoms in total. The van der Waals surface area contributed by atoms with Crippen LogP contribution >= 0.6 is 0 Å². The highest BCUT2D eigenvalue weighted by molar-refractivity contribution is 7.89. The molecule has 0 unspecified atom stereocenters. The van der Waals surface area contributed by atoms with E-state index in [1.54, 1.807) is 26.4 Å². The van der Waals surface area contributed by atoms with Crippen LogP contribution in [0.2, 0.25) is 0 Å². The molecule has 0 fully saturated rings. The van der Waals surface area contributed by atoms with Gasteiger partial charge in [-0.1, -0.05) is 12.1 Å². The average Bonchev–Trinajstić information content (AvgIpc) is 2.49. The lowest BCUT2D eigenvalue weighted by Crippen LogP contribution is -2.27. The molecule has 6 heteroatoms. The fraction of sp³-hybridized carbons (Fsp3) is 0.286. The molecule has 0 radical (unpaired) electrons. The van der Waals surface area contributed by atoms with Crippen LogP contribution in [0.25, 0.3) is 11.4 Å². The third kappa shape index (κ3) is 3.40. The Bertz CT molecular complexity index is 655. The highest BCUT2D eigenvalue weighted by atomic mass is 32.2. The average molecular weight is 291 g/mol. The Morgan fingerprint density at radius 2 is 1.85 bits per heavy atom. The number of pyridine rings is 2. The summed E-state index contributed by atoms with van der Waals surface area (Å²) in [5.74, 6) is 0.100. The summed E-state index contributed by atoms with van der Waals surface area (Å²) >= 11 is 0. The van der Waals surface area contributed by atoms with Gasteiger partial charge >= 0.3 is 0 Å². The molecular formula is C14H17N3O2S. The molecule has 0 atom stereocenters. The molecule has 0 bridgehead atoms. The second kappa shape index (κ2) is 6.11. The van der Waals surface area contributed by atoms with Gasteiger partial charge in [-0.3, -0.25) is 9.97 Å². The Hall–Kier alpha value is -1.79. The maximum absolute atomic E-state index is 11.7. The van der Waals surface area contributed by atoms with Crippen molar-refractivity contribution in [2.24, 2.45) is 0 Å². The minimum absolute atomic E-state index is 0.100. The Labute approximate surface area is 119 Å². The van der Waals surface area contributed by atoms with E-state index in [4.69, 9.17) is 0 Å². The van der Waals surface area contributed by atoms with E-state index in [-0.39, 0.29) is 5.75 Å². The van der Waals surface area contributed by atoms with Gasteiger partial charge in [0.1, 0.15) is 0 Å². The van der Waals surface area contributed by atoms with Crippen molar-refractivity contribution in [3.63, 3.8) is 0 Å². The molecule has 0 aliphatic heterocycles. The van der Waals surface area contributed by atoms with Crippen LogP contribution < -0.4 is 0 Å². The van der Waals surface area contributed by atoms with E-state index in [0.29, 0.717) is 6.54 Å². The first-order valence-corrected chi connectivity index (χ1v) is 7.94. The smallest absolute Gasteiger partial charge is 0.213 e. The van der Waals surface area contributed by atoms with Gasteiger partial charge in [-0.05, 0) is 30.7 Å². The Morgan fingerprint density at radius 1 is 1.10 bits per heavy atom. The molecule has 2 aromatic heterocycles. The molecule has 20 heavy (non-hydrogen) atoms. The van der Waals surface area contributed by atoms with Crippen molar-refractivity contribution in [1.82, 2.24) is 14.3 Å². The topological polar surface area (TPSA) is 63.2 Å². The molecule has 0 saturated carbocycles. The molecule has 0 amide bonds. The fourth-order valence-electron chi connectivity index (χ4n) is 1.76. The van der Waals surface area contributed by atoms with Crippen LogP contribution in [0.3, 0.4) is 0 Å². The van der Waals surface area contributed by atoms with Gasteiger partial charge in [0.05, 0.1) is 17.1 Å². The summed E-state index contributed by atoms with van der Waals surface area (Å²) in [4.78, 5) is 8.55. The number of rotatable bonds is 5. The highest BCUT2D eigenvalue weighted by Gasteiger charge is 2.15.